The number of rotatable bonds is 6. The maximum absolute atomic E-state index is 6.56. The first-order valence-corrected chi connectivity index (χ1v) is 7.76. The Kier molecular flexibility index (Phi) is 5.77. The lowest BCUT2D eigenvalue weighted by atomic mass is 10.0. The van der Waals surface area contributed by atoms with Gasteiger partial charge >= 0.3 is 0 Å². The summed E-state index contributed by atoms with van der Waals surface area (Å²) in [4.78, 5) is 0. The highest BCUT2D eigenvalue weighted by atomic mass is 35.5. The molecule has 0 bridgehead atoms. The molecule has 0 saturated heterocycles. The Bertz CT molecular complexity index is 585. The second-order valence-corrected chi connectivity index (χ2v) is 5.30. The summed E-state index contributed by atoms with van der Waals surface area (Å²) in [6.07, 6.45) is 0. The van der Waals surface area contributed by atoms with Gasteiger partial charge in [-0.05, 0) is 31.0 Å². The molecule has 2 nitrogen and oxygen atoms in total. The molecule has 0 aliphatic rings. The third-order valence-corrected chi connectivity index (χ3v) is 3.84. The molecule has 0 aliphatic heterocycles. The molecule has 1 atom stereocenters. The number of hydrogen-bond donors (Lipinski definition) is 0. The van der Waals surface area contributed by atoms with Gasteiger partial charge in [0.2, 0.25) is 0 Å². The van der Waals surface area contributed by atoms with Gasteiger partial charge in [0.1, 0.15) is 0 Å². The Hall–Kier alpha value is -1.38. The van der Waals surface area contributed by atoms with Gasteiger partial charge < -0.3 is 9.47 Å². The number of benzene rings is 2. The van der Waals surface area contributed by atoms with Gasteiger partial charge in [-0.15, -0.1) is 11.6 Å². The van der Waals surface area contributed by atoms with Crippen molar-refractivity contribution < 1.29 is 9.47 Å². The quantitative estimate of drug-likeness (QED) is 0.656. The maximum Gasteiger partial charge on any atom is 0.162 e. The molecule has 0 aromatic heterocycles. The minimum Gasteiger partial charge on any atom is -0.490 e. The van der Waals surface area contributed by atoms with Crippen molar-refractivity contribution in [3.05, 3.63) is 58.6 Å². The van der Waals surface area contributed by atoms with Gasteiger partial charge in [-0.2, -0.15) is 0 Å². The molecule has 0 radical (unpaired) electrons. The van der Waals surface area contributed by atoms with E-state index in [0.29, 0.717) is 29.7 Å². The molecule has 4 heteroatoms. The monoisotopic (exact) mass is 324 g/mol. The van der Waals surface area contributed by atoms with Crippen LogP contribution in [0.25, 0.3) is 0 Å². The van der Waals surface area contributed by atoms with Crippen LogP contribution in [0.5, 0.6) is 11.5 Å². The number of ether oxygens (including phenoxy) is 2. The van der Waals surface area contributed by atoms with E-state index in [1.807, 2.05) is 50.2 Å². The Morgan fingerprint density at radius 1 is 0.952 bits per heavy atom. The molecule has 0 heterocycles. The summed E-state index contributed by atoms with van der Waals surface area (Å²) < 4.78 is 11.2. The summed E-state index contributed by atoms with van der Waals surface area (Å²) in [5, 5.41) is 0.249. The average molecular weight is 325 g/mol. The van der Waals surface area contributed by atoms with Gasteiger partial charge in [0.25, 0.3) is 0 Å². The van der Waals surface area contributed by atoms with E-state index in [-0.39, 0.29) is 5.38 Å². The van der Waals surface area contributed by atoms with E-state index in [1.165, 1.54) is 0 Å². The molecule has 2 aromatic carbocycles. The standard InChI is InChI=1S/C17H18Cl2O2/c1-3-20-15-10-13(14(18)11-16(15)21-4-2)17(19)12-8-6-5-7-9-12/h5-11,17H,3-4H2,1-2H3. The van der Waals surface area contributed by atoms with Crippen molar-refractivity contribution in [3.63, 3.8) is 0 Å². The predicted octanol–water partition coefficient (Wildman–Crippen LogP) is 5.47. The molecule has 21 heavy (non-hydrogen) atoms. The first-order valence-electron chi connectivity index (χ1n) is 6.95. The minimum absolute atomic E-state index is 0.325. The molecule has 2 aromatic rings. The van der Waals surface area contributed by atoms with Crippen LogP contribution in [-0.2, 0) is 0 Å². The first kappa shape index (κ1) is 16.0. The van der Waals surface area contributed by atoms with Crippen LogP contribution in [0, 0.1) is 0 Å². The van der Waals surface area contributed by atoms with Gasteiger partial charge in [-0.1, -0.05) is 41.9 Å². The third-order valence-electron chi connectivity index (χ3n) is 3.03. The van der Waals surface area contributed by atoms with E-state index in [0.717, 1.165) is 11.1 Å². The van der Waals surface area contributed by atoms with Crippen LogP contribution in [0.4, 0.5) is 0 Å². The number of halogens is 2. The Balaban J connectivity index is 2.41. The summed E-state index contributed by atoms with van der Waals surface area (Å²) in [7, 11) is 0. The first-order chi connectivity index (χ1) is 10.2. The molecule has 2 rings (SSSR count). The SMILES string of the molecule is CCOc1cc(Cl)c(C(Cl)c2ccccc2)cc1OCC. The molecule has 0 N–H and O–H groups in total. The summed E-state index contributed by atoms with van der Waals surface area (Å²) >= 11 is 12.9. The van der Waals surface area contributed by atoms with Crippen LogP contribution in [0.3, 0.4) is 0 Å². The fourth-order valence-electron chi connectivity index (χ4n) is 2.08. The highest BCUT2D eigenvalue weighted by Gasteiger charge is 2.18. The fourth-order valence-corrected chi connectivity index (χ4v) is 2.73. The molecule has 0 amide bonds. The van der Waals surface area contributed by atoms with Crippen molar-refractivity contribution in [3.8, 4) is 11.5 Å². The van der Waals surface area contributed by atoms with Gasteiger partial charge in [-0.3, -0.25) is 0 Å². The molecule has 0 saturated carbocycles. The lowest BCUT2D eigenvalue weighted by Gasteiger charge is -2.17. The molecule has 1 unspecified atom stereocenters. The average Bonchev–Trinajstić information content (AvgIpc) is 2.50. The zero-order valence-corrected chi connectivity index (χ0v) is 13.6. The summed E-state index contributed by atoms with van der Waals surface area (Å²) in [5.74, 6) is 1.31. The van der Waals surface area contributed by atoms with Crippen LogP contribution in [0.2, 0.25) is 5.02 Å². The Labute approximate surface area is 135 Å². The van der Waals surface area contributed by atoms with Crippen LogP contribution < -0.4 is 9.47 Å². The summed E-state index contributed by atoms with van der Waals surface area (Å²) in [5.41, 5.74) is 1.81. The largest absolute Gasteiger partial charge is 0.490 e. The molecular weight excluding hydrogens is 307 g/mol. The minimum atomic E-state index is -0.325. The van der Waals surface area contributed by atoms with Crippen molar-refractivity contribution in [2.75, 3.05) is 13.2 Å². The van der Waals surface area contributed by atoms with Gasteiger partial charge in [0, 0.05) is 11.1 Å². The van der Waals surface area contributed by atoms with Gasteiger partial charge in [0.05, 0.1) is 18.6 Å². The van der Waals surface area contributed by atoms with Crippen molar-refractivity contribution in [2.24, 2.45) is 0 Å². The normalized spacial score (nSPS) is 12.0. The zero-order chi connectivity index (χ0) is 15.2. The predicted molar refractivity (Wildman–Crippen MR) is 87.9 cm³/mol. The maximum atomic E-state index is 6.56. The zero-order valence-electron chi connectivity index (χ0n) is 12.1. The van der Waals surface area contributed by atoms with E-state index in [4.69, 9.17) is 32.7 Å². The van der Waals surface area contributed by atoms with Crippen molar-refractivity contribution in [1.29, 1.82) is 0 Å². The lowest BCUT2D eigenvalue weighted by Crippen LogP contribution is -2.01. The Morgan fingerprint density at radius 2 is 1.52 bits per heavy atom. The van der Waals surface area contributed by atoms with Crippen LogP contribution >= 0.6 is 23.2 Å². The lowest BCUT2D eigenvalue weighted by molar-refractivity contribution is 0.287. The van der Waals surface area contributed by atoms with Crippen LogP contribution in [0.15, 0.2) is 42.5 Å². The van der Waals surface area contributed by atoms with Crippen molar-refractivity contribution in [2.45, 2.75) is 19.2 Å². The Morgan fingerprint density at radius 3 is 2.10 bits per heavy atom. The van der Waals surface area contributed by atoms with Gasteiger partial charge in [0.15, 0.2) is 11.5 Å². The van der Waals surface area contributed by atoms with Gasteiger partial charge in [-0.25, -0.2) is 0 Å². The summed E-state index contributed by atoms with van der Waals surface area (Å²) in [6, 6.07) is 13.5. The van der Waals surface area contributed by atoms with Crippen LogP contribution in [0.1, 0.15) is 30.4 Å². The number of hydrogen-bond acceptors (Lipinski definition) is 2. The van der Waals surface area contributed by atoms with E-state index in [1.54, 1.807) is 6.07 Å². The highest BCUT2D eigenvalue weighted by Crippen LogP contribution is 2.40. The number of alkyl halides is 1. The molecule has 0 spiro atoms. The van der Waals surface area contributed by atoms with E-state index in [2.05, 4.69) is 0 Å². The topological polar surface area (TPSA) is 18.5 Å². The molecule has 0 aliphatic carbocycles. The second kappa shape index (κ2) is 7.58. The smallest absolute Gasteiger partial charge is 0.162 e. The van der Waals surface area contributed by atoms with E-state index in [9.17, 15) is 0 Å². The third kappa shape index (κ3) is 3.84. The van der Waals surface area contributed by atoms with Crippen molar-refractivity contribution >= 4 is 23.2 Å². The molecular formula is C17H18Cl2O2. The summed E-state index contributed by atoms with van der Waals surface area (Å²) in [6.45, 7) is 4.96. The van der Waals surface area contributed by atoms with E-state index >= 15 is 0 Å². The van der Waals surface area contributed by atoms with Crippen LogP contribution in [-0.4, -0.2) is 13.2 Å². The fraction of sp³-hybridized carbons (Fsp3) is 0.294. The molecule has 0 fully saturated rings. The van der Waals surface area contributed by atoms with E-state index < -0.39 is 0 Å². The second-order valence-electron chi connectivity index (χ2n) is 4.46. The van der Waals surface area contributed by atoms with Crippen molar-refractivity contribution in [1.82, 2.24) is 0 Å². The highest BCUT2D eigenvalue weighted by molar-refractivity contribution is 6.33. The molecule has 112 valence electrons.